The van der Waals surface area contributed by atoms with E-state index in [9.17, 15) is 14.4 Å². The number of benzene rings is 1. The average Bonchev–Trinajstić information content (AvgIpc) is 2.56. The molecule has 0 aliphatic rings. The summed E-state index contributed by atoms with van der Waals surface area (Å²) in [5, 5.41) is 2.67. The van der Waals surface area contributed by atoms with Crippen molar-refractivity contribution in [2.75, 3.05) is 13.2 Å². The number of esters is 1. The van der Waals surface area contributed by atoms with Gasteiger partial charge in [-0.2, -0.15) is 0 Å². The van der Waals surface area contributed by atoms with Crippen molar-refractivity contribution in [2.24, 2.45) is 0 Å². The molecule has 1 aromatic carbocycles. The van der Waals surface area contributed by atoms with Crippen molar-refractivity contribution in [1.29, 1.82) is 0 Å². The zero-order chi connectivity index (χ0) is 17.9. The molecule has 1 aromatic rings. The number of nitrogens with zero attached hydrogens (tertiary/aromatic N) is 1. The van der Waals surface area contributed by atoms with Gasteiger partial charge in [0.2, 0.25) is 5.91 Å². The van der Waals surface area contributed by atoms with Crippen LogP contribution in [0.2, 0.25) is 0 Å². The molecule has 1 rings (SSSR count). The summed E-state index contributed by atoms with van der Waals surface area (Å²) in [7, 11) is 0. The van der Waals surface area contributed by atoms with Gasteiger partial charge < -0.3 is 15.0 Å². The highest BCUT2D eigenvalue weighted by atomic mass is 16.5. The van der Waals surface area contributed by atoms with Crippen molar-refractivity contribution < 1.29 is 19.1 Å². The topological polar surface area (TPSA) is 75.7 Å². The Morgan fingerprint density at radius 3 is 2.46 bits per heavy atom. The molecule has 0 heterocycles. The molecule has 0 bridgehead atoms. The quantitative estimate of drug-likeness (QED) is 0.582. The van der Waals surface area contributed by atoms with Crippen LogP contribution in [0.5, 0.6) is 0 Å². The van der Waals surface area contributed by atoms with Gasteiger partial charge in [-0.1, -0.05) is 36.9 Å². The lowest BCUT2D eigenvalue weighted by Crippen LogP contribution is -2.34. The average molecular weight is 330 g/mol. The summed E-state index contributed by atoms with van der Waals surface area (Å²) in [4.78, 5) is 36.5. The Bertz CT molecular complexity index is 623. The molecule has 2 amide bonds. The largest absolute Gasteiger partial charge is 0.465 e. The van der Waals surface area contributed by atoms with Crippen molar-refractivity contribution >= 4 is 17.8 Å². The first-order valence-corrected chi connectivity index (χ1v) is 7.56. The van der Waals surface area contributed by atoms with Crippen LogP contribution in [-0.4, -0.2) is 35.8 Å². The van der Waals surface area contributed by atoms with E-state index >= 15 is 0 Å². The van der Waals surface area contributed by atoms with E-state index in [1.165, 1.54) is 0 Å². The zero-order valence-corrected chi connectivity index (χ0v) is 14.0. The third-order valence-electron chi connectivity index (χ3n) is 3.01. The second-order valence-corrected chi connectivity index (χ2v) is 5.00. The van der Waals surface area contributed by atoms with Gasteiger partial charge in [0.05, 0.1) is 6.61 Å². The monoisotopic (exact) mass is 330 g/mol. The van der Waals surface area contributed by atoms with Gasteiger partial charge in [-0.15, -0.1) is 0 Å². The second kappa shape index (κ2) is 9.99. The number of hydrogen-bond donors (Lipinski definition) is 1. The molecule has 0 spiro atoms. The van der Waals surface area contributed by atoms with Crippen LogP contribution >= 0.6 is 0 Å². The number of carbonyl (C=O) groups excluding carboxylic acids is 3. The van der Waals surface area contributed by atoms with Gasteiger partial charge in [-0.25, -0.2) is 0 Å². The molecule has 6 heteroatoms. The molecule has 6 nitrogen and oxygen atoms in total. The maximum Gasteiger partial charge on any atom is 0.326 e. The fraction of sp³-hybridized carbons (Fsp3) is 0.278. The summed E-state index contributed by atoms with van der Waals surface area (Å²) < 4.78 is 4.81. The second-order valence-electron chi connectivity index (χ2n) is 5.00. The van der Waals surface area contributed by atoms with Gasteiger partial charge in [0.25, 0.3) is 5.91 Å². The maximum atomic E-state index is 12.1. The van der Waals surface area contributed by atoms with Crippen LogP contribution in [0.1, 0.15) is 19.4 Å². The van der Waals surface area contributed by atoms with Crippen LogP contribution in [0.4, 0.5) is 0 Å². The molecule has 0 aliphatic carbocycles. The highest BCUT2D eigenvalue weighted by Gasteiger charge is 2.16. The Hall–Kier alpha value is -2.89. The van der Waals surface area contributed by atoms with Gasteiger partial charge in [0, 0.05) is 24.4 Å². The minimum absolute atomic E-state index is 0.231. The smallest absolute Gasteiger partial charge is 0.326 e. The Morgan fingerprint density at radius 2 is 1.88 bits per heavy atom. The van der Waals surface area contributed by atoms with Gasteiger partial charge in [-0.05, 0) is 19.4 Å². The Morgan fingerprint density at radius 1 is 1.21 bits per heavy atom. The van der Waals surface area contributed by atoms with Gasteiger partial charge >= 0.3 is 5.97 Å². The Labute approximate surface area is 141 Å². The number of ether oxygens (including phenoxy) is 1. The molecule has 0 saturated heterocycles. The first-order valence-electron chi connectivity index (χ1n) is 7.56. The molecule has 1 N–H and O–H groups in total. The molecule has 0 unspecified atom stereocenters. The van der Waals surface area contributed by atoms with Crippen LogP contribution in [0.15, 0.2) is 54.8 Å². The number of nitrogens with one attached hydrogen (secondary N) is 1. The first-order chi connectivity index (χ1) is 11.4. The van der Waals surface area contributed by atoms with Gasteiger partial charge in [-0.3, -0.25) is 14.4 Å². The SMILES string of the molecule is C=C(C)N(CC(=O)OCC)C(=O)/C=C/C(=O)NCc1ccccc1. The van der Waals surface area contributed by atoms with Crippen molar-refractivity contribution in [3.63, 3.8) is 0 Å². The predicted octanol–water partition coefficient (Wildman–Crippen LogP) is 1.78. The molecule has 0 atom stereocenters. The molecular weight excluding hydrogens is 308 g/mol. The molecule has 0 radical (unpaired) electrons. The van der Waals surface area contributed by atoms with Gasteiger partial charge in [0.1, 0.15) is 6.54 Å². The van der Waals surface area contributed by atoms with Crippen LogP contribution in [0.3, 0.4) is 0 Å². The summed E-state index contributed by atoms with van der Waals surface area (Å²) in [6.45, 7) is 7.29. The molecule has 0 saturated carbocycles. The third kappa shape index (κ3) is 6.91. The fourth-order valence-corrected chi connectivity index (χ4v) is 1.82. The van der Waals surface area contributed by atoms with E-state index in [0.717, 1.165) is 22.6 Å². The van der Waals surface area contributed by atoms with Crippen molar-refractivity contribution in [2.45, 2.75) is 20.4 Å². The zero-order valence-electron chi connectivity index (χ0n) is 14.0. The van der Waals surface area contributed by atoms with Crippen LogP contribution in [0.25, 0.3) is 0 Å². The van der Waals surface area contributed by atoms with Crippen molar-refractivity contribution in [1.82, 2.24) is 10.2 Å². The maximum absolute atomic E-state index is 12.1. The lowest BCUT2D eigenvalue weighted by molar-refractivity contribution is -0.146. The Balaban J connectivity index is 2.55. The van der Waals surface area contributed by atoms with E-state index < -0.39 is 17.8 Å². The number of rotatable bonds is 8. The predicted molar refractivity (Wildman–Crippen MR) is 90.6 cm³/mol. The lowest BCUT2D eigenvalue weighted by atomic mass is 10.2. The third-order valence-corrected chi connectivity index (χ3v) is 3.01. The summed E-state index contributed by atoms with van der Waals surface area (Å²) in [5.74, 6) is -1.44. The first kappa shape index (κ1) is 19.2. The summed E-state index contributed by atoms with van der Waals surface area (Å²) in [6.07, 6.45) is 2.24. The molecule has 0 fully saturated rings. The molecule has 24 heavy (non-hydrogen) atoms. The Kier molecular flexibility index (Phi) is 7.98. The van der Waals surface area contributed by atoms with Crippen molar-refractivity contribution in [3.05, 3.63) is 60.3 Å². The highest BCUT2D eigenvalue weighted by molar-refractivity contribution is 5.98. The van der Waals surface area contributed by atoms with Crippen molar-refractivity contribution in [3.8, 4) is 0 Å². The number of allylic oxidation sites excluding steroid dienone is 1. The van der Waals surface area contributed by atoms with E-state index in [-0.39, 0.29) is 13.2 Å². The number of carbonyl (C=O) groups is 3. The normalized spacial score (nSPS) is 10.2. The van der Waals surface area contributed by atoms with E-state index in [2.05, 4.69) is 11.9 Å². The molecule has 0 aromatic heterocycles. The minimum atomic E-state index is -0.532. The molecule has 128 valence electrons. The van der Waals surface area contributed by atoms with E-state index in [1.54, 1.807) is 13.8 Å². The molecular formula is C18H22N2O4. The van der Waals surface area contributed by atoms with Crippen LogP contribution in [0, 0.1) is 0 Å². The number of amides is 2. The van der Waals surface area contributed by atoms with E-state index in [0.29, 0.717) is 12.2 Å². The standard InChI is InChI=1S/C18H22N2O4/c1-4-24-18(23)13-20(14(2)3)17(22)11-10-16(21)19-12-15-8-6-5-7-9-15/h5-11H,2,4,12-13H2,1,3H3,(H,19,21)/b11-10+. The van der Waals surface area contributed by atoms with E-state index in [1.807, 2.05) is 30.3 Å². The summed E-state index contributed by atoms with van der Waals surface area (Å²) in [5.41, 5.74) is 1.35. The van der Waals surface area contributed by atoms with Crippen LogP contribution in [-0.2, 0) is 25.7 Å². The van der Waals surface area contributed by atoms with Crippen LogP contribution < -0.4 is 5.32 Å². The lowest BCUT2D eigenvalue weighted by Gasteiger charge is -2.19. The summed E-state index contributed by atoms with van der Waals surface area (Å²) in [6, 6.07) is 9.41. The number of hydrogen-bond acceptors (Lipinski definition) is 4. The van der Waals surface area contributed by atoms with Gasteiger partial charge in [0.15, 0.2) is 0 Å². The highest BCUT2D eigenvalue weighted by Crippen LogP contribution is 2.03. The van der Waals surface area contributed by atoms with E-state index in [4.69, 9.17) is 4.74 Å². The fourth-order valence-electron chi connectivity index (χ4n) is 1.82. The minimum Gasteiger partial charge on any atom is -0.465 e. The summed E-state index contributed by atoms with van der Waals surface area (Å²) >= 11 is 0. The molecule has 0 aliphatic heterocycles.